The van der Waals surface area contributed by atoms with Gasteiger partial charge in [-0.15, -0.1) is 0 Å². The first-order valence-electron chi connectivity index (χ1n) is 6.20. The summed E-state index contributed by atoms with van der Waals surface area (Å²) in [5.74, 6) is 0.729. The SMILES string of the molecule is COc1cc(C(F)(F)F)ccc1NCC1CCNC1. The Kier molecular flexibility index (Phi) is 4.19. The zero-order valence-corrected chi connectivity index (χ0v) is 10.7. The number of ether oxygens (including phenoxy) is 1. The van der Waals surface area contributed by atoms with Crippen LogP contribution >= 0.6 is 0 Å². The molecule has 0 radical (unpaired) electrons. The second kappa shape index (κ2) is 5.69. The van der Waals surface area contributed by atoms with Crippen molar-refractivity contribution in [2.24, 2.45) is 5.92 Å². The van der Waals surface area contributed by atoms with E-state index in [1.807, 2.05) is 0 Å². The predicted octanol–water partition coefficient (Wildman–Crippen LogP) is 2.74. The highest BCUT2D eigenvalue weighted by atomic mass is 19.4. The van der Waals surface area contributed by atoms with Crippen LogP contribution in [0.25, 0.3) is 0 Å². The molecule has 1 heterocycles. The summed E-state index contributed by atoms with van der Waals surface area (Å²) in [7, 11) is 1.37. The molecular formula is C13H17F3N2O. The average Bonchev–Trinajstić information content (AvgIpc) is 2.88. The minimum atomic E-state index is -4.35. The number of hydrogen-bond acceptors (Lipinski definition) is 3. The summed E-state index contributed by atoms with van der Waals surface area (Å²) in [6, 6.07) is 3.51. The van der Waals surface area contributed by atoms with Gasteiger partial charge in [-0.1, -0.05) is 0 Å². The number of hydrogen-bond donors (Lipinski definition) is 2. The zero-order valence-electron chi connectivity index (χ0n) is 10.7. The Morgan fingerprint density at radius 1 is 1.42 bits per heavy atom. The molecule has 1 aliphatic rings. The lowest BCUT2D eigenvalue weighted by Gasteiger charge is -2.16. The Labute approximate surface area is 110 Å². The first-order valence-corrected chi connectivity index (χ1v) is 6.20. The molecule has 1 fully saturated rings. The number of benzene rings is 1. The van der Waals surface area contributed by atoms with Crippen LogP contribution in [0.2, 0.25) is 0 Å². The Morgan fingerprint density at radius 2 is 2.21 bits per heavy atom. The lowest BCUT2D eigenvalue weighted by molar-refractivity contribution is -0.137. The van der Waals surface area contributed by atoms with E-state index in [9.17, 15) is 13.2 Å². The Balaban J connectivity index is 2.07. The van der Waals surface area contributed by atoms with Gasteiger partial charge in [0.05, 0.1) is 18.4 Å². The maximum absolute atomic E-state index is 12.6. The van der Waals surface area contributed by atoms with Gasteiger partial charge in [0.15, 0.2) is 0 Å². The smallest absolute Gasteiger partial charge is 0.416 e. The van der Waals surface area contributed by atoms with Gasteiger partial charge in [-0.2, -0.15) is 13.2 Å². The van der Waals surface area contributed by atoms with Crippen molar-refractivity contribution in [2.45, 2.75) is 12.6 Å². The van der Waals surface area contributed by atoms with E-state index in [4.69, 9.17) is 4.74 Å². The number of methoxy groups -OCH3 is 1. The van der Waals surface area contributed by atoms with E-state index in [2.05, 4.69) is 10.6 Å². The van der Waals surface area contributed by atoms with Crippen LogP contribution in [-0.4, -0.2) is 26.7 Å². The predicted molar refractivity (Wildman–Crippen MR) is 67.5 cm³/mol. The summed E-state index contributed by atoms with van der Waals surface area (Å²) in [5, 5.41) is 6.40. The third kappa shape index (κ3) is 3.53. The van der Waals surface area contributed by atoms with Gasteiger partial charge in [-0.05, 0) is 43.6 Å². The molecule has 0 aliphatic carbocycles. The Bertz CT molecular complexity index is 428. The maximum Gasteiger partial charge on any atom is 0.416 e. The average molecular weight is 274 g/mol. The lowest BCUT2D eigenvalue weighted by atomic mass is 10.1. The molecule has 2 rings (SSSR count). The highest BCUT2D eigenvalue weighted by Gasteiger charge is 2.31. The summed E-state index contributed by atoms with van der Waals surface area (Å²) in [4.78, 5) is 0. The fourth-order valence-electron chi connectivity index (χ4n) is 2.16. The topological polar surface area (TPSA) is 33.3 Å². The molecule has 3 nitrogen and oxygen atoms in total. The second-order valence-electron chi connectivity index (χ2n) is 4.65. The summed E-state index contributed by atoms with van der Waals surface area (Å²) >= 11 is 0. The van der Waals surface area contributed by atoms with Gasteiger partial charge in [-0.25, -0.2) is 0 Å². The van der Waals surface area contributed by atoms with Crippen molar-refractivity contribution < 1.29 is 17.9 Å². The molecule has 106 valence electrons. The van der Waals surface area contributed by atoms with Gasteiger partial charge in [0, 0.05) is 6.54 Å². The molecule has 0 aromatic heterocycles. The summed E-state index contributed by atoms with van der Waals surface area (Å²) in [6.45, 7) is 2.67. The molecule has 1 aliphatic heterocycles. The summed E-state index contributed by atoms with van der Waals surface area (Å²) in [5.41, 5.74) is -0.0974. The van der Waals surface area contributed by atoms with Gasteiger partial charge < -0.3 is 15.4 Å². The van der Waals surface area contributed by atoms with Gasteiger partial charge in [0.1, 0.15) is 5.75 Å². The van der Waals surface area contributed by atoms with Crippen LogP contribution in [0.15, 0.2) is 18.2 Å². The van der Waals surface area contributed by atoms with Crippen LogP contribution in [-0.2, 0) is 6.18 Å². The number of halogens is 3. The molecule has 1 aromatic carbocycles. The Hall–Kier alpha value is -1.43. The maximum atomic E-state index is 12.6. The van der Waals surface area contributed by atoms with E-state index in [0.29, 0.717) is 11.6 Å². The standard InChI is InChI=1S/C13H17F3N2O/c1-19-12-6-10(13(14,15)16)2-3-11(12)18-8-9-4-5-17-7-9/h2-3,6,9,17-18H,4-5,7-8H2,1H3. The van der Waals surface area contributed by atoms with Crippen molar-refractivity contribution in [3.63, 3.8) is 0 Å². The van der Waals surface area contributed by atoms with E-state index in [1.54, 1.807) is 0 Å². The quantitative estimate of drug-likeness (QED) is 0.885. The number of alkyl halides is 3. The highest BCUT2D eigenvalue weighted by Crippen LogP contribution is 2.35. The van der Waals surface area contributed by atoms with E-state index in [0.717, 1.165) is 38.2 Å². The third-order valence-corrected chi connectivity index (χ3v) is 3.27. The van der Waals surface area contributed by atoms with Crippen molar-refractivity contribution in [3.8, 4) is 5.75 Å². The van der Waals surface area contributed by atoms with Crippen LogP contribution in [0, 0.1) is 5.92 Å². The minimum absolute atomic E-state index is 0.223. The van der Waals surface area contributed by atoms with E-state index < -0.39 is 11.7 Å². The summed E-state index contributed by atoms with van der Waals surface area (Å²) in [6.07, 6.45) is -3.27. The highest BCUT2D eigenvalue weighted by molar-refractivity contribution is 5.58. The number of anilines is 1. The molecule has 1 aromatic rings. The van der Waals surface area contributed by atoms with E-state index >= 15 is 0 Å². The fourth-order valence-corrected chi connectivity index (χ4v) is 2.16. The molecule has 0 bridgehead atoms. The number of nitrogens with one attached hydrogen (secondary N) is 2. The first-order chi connectivity index (χ1) is 9.00. The van der Waals surface area contributed by atoms with Gasteiger partial charge in [0.2, 0.25) is 0 Å². The molecule has 0 spiro atoms. The molecule has 1 saturated heterocycles. The Morgan fingerprint density at radius 3 is 2.79 bits per heavy atom. The molecule has 6 heteroatoms. The molecule has 19 heavy (non-hydrogen) atoms. The van der Waals surface area contributed by atoms with Gasteiger partial charge in [-0.3, -0.25) is 0 Å². The monoisotopic (exact) mass is 274 g/mol. The zero-order chi connectivity index (χ0) is 13.9. The van der Waals surface area contributed by atoms with Crippen molar-refractivity contribution in [1.82, 2.24) is 5.32 Å². The molecule has 0 amide bonds. The number of rotatable bonds is 4. The van der Waals surface area contributed by atoms with Crippen LogP contribution in [0.5, 0.6) is 5.75 Å². The van der Waals surface area contributed by atoms with Crippen LogP contribution in [0.3, 0.4) is 0 Å². The van der Waals surface area contributed by atoms with Crippen LogP contribution in [0.4, 0.5) is 18.9 Å². The third-order valence-electron chi connectivity index (χ3n) is 3.27. The van der Waals surface area contributed by atoms with E-state index in [1.165, 1.54) is 13.2 Å². The molecule has 0 saturated carbocycles. The van der Waals surface area contributed by atoms with Crippen molar-refractivity contribution in [3.05, 3.63) is 23.8 Å². The minimum Gasteiger partial charge on any atom is -0.495 e. The normalized spacial score (nSPS) is 19.5. The summed E-state index contributed by atoms with van der Waals surface area (Å²) < 4.78 is 42.8. The van der Waals surface area contributed by atoms with Crippen molar-refractivity contribution in [2.75, 3.05) is 32.1 Å². The first kappa shape index (κ1) is 14.0. The van der Waals surface area contributed by atoms with Gasteiger partial charge >= 0.3 is 6.18 Å². The van der Waals surface area contributed by atoms with Crippen molar-refractivity contribution >= 4 is 5.69 Å². The van der Waals surface area contributed by atoms with Gasteiger partial charge in [0.25, 0.3) is 0 Å². The van der Waals surface area contributed by atoms with Crippen molar-refractivity contribution in [1.29, 1.82) is 0 Å². The van der Waals surface area contributed by atoms with Crippen LogP contribution in [0.1, 0.15) is 12.0 Å². The second-order valence-corrected chi connectivity index (χ2v) is 4.65. The van der Waals surface area contributed by atoms with E-state index in [-0.39, 0.29) is 5.75 Å². The largest absolute Gasteiger partial charge is 0.495 e. The molecule has 2 N–H and O–H groups in total. The van der Waals surface area contributed by atoms with Crippen LogP contribution < -0.4 is 15.4 Å². The molecule has 1 unspecified atom stereocenters. The molecular weight excluding hydrogens is 257 g/mol. The molecule has 1 atom stereocenters. The lowest BCUT2D eigenvalue weighted by Crippen LogP contribution is -2.17. The fraction of sp³-hybridized carbons (Fsp3) is 0.538.